The molecule has 0 aliphatic carbocycles. The smallest absolute Gasteiger partial charge is 0.221 e. The number of anilines is 4. The maximum Gasteiger partial charge on any atom is 0.221 e. The zero-order valence-electron chi connectivity index (χ0n) is 12.7. The van der Waals surface area contributed by atoms with Gasteiger partial charge in [-0.1, -0.05) is 36.4 Å². The predicted molar refractivity (Wildman–Crippen MR) is 90.0 cm³/mol. The van der Waals surface area contributed by atoms with E-state index in [2.05, 4.69) is 19.8 Å². The van der Waals surface area contributed by atoms with Crippen molar-refractivity contribution in [3.05, 3.63) is 73.1 Å². The Labute approximate surface area is 134 Å². The van der Waals surface area contributed by atoms with Crippen LogP contribution in [0.3, 0.4) is 0 Å². The maximum atomic E-state index is 5.80. The Morgan fingerprint density at radius 1 is 0.739 bits per heavy atom. The van der Waals surface area contributed by atoms with E-state index in [0.717, 1.165) is 23.0 Å². The molecule has 0 fully saturated rings. The molecule has 1 aliphatic rings. The number of para-hydroxylation sites is 2. The number of nitrogens with zero attached hydrogens (tertiary/aromatic N) is 4. The lowest BCUT2D eigenvalue weighted by atomic mass is 10.3. The summed E-state index contributed by atoms with van der Waals surface area (Å²) >= 11 is 0. The normalized spacial score (nSPS) is 14.1. The number of methoxy groups -OCH3 is 1. The summed E-state index contributed by atoms with van der Waals surface area (Å²) in [6.07, 6.45) is 3.07. The number of aromatic nitrogens is 2. The third-order valence-corrected chi connectivity index (χ3v) is 3.84. The van der Waals surface area contributed by atoms with E-state index in [4.69, 9.17) is 4.74 Å². The number of hydrogen-bond donors (Lipinski definition) is 0. The minimum Gasteiger partial charge on any atom is -0.343 e. The molecule has 0 unspecified atom stereocenters. The van der Waals surface area contributed by atoms with Crippen molar-refractivity contribution < 1.29 is 4.74 Å². The number of fused-ring (bicyclic) bond motifs is 1. The molecule has 0 saturated carbocycles. The minimum atomic E-state index is -0.336. The Kier molecular flexibility index (Phi) is 3.40. The zero-order chi connectivity index (χ0) is 15.6. The summed E-state index contributed by atoms with van der Waals surface area (Å²) < 4.78 is 5.80. The average molecular weight is 304 g/mol. The van der Waals surface area contributed by atoms with Gasteiger partial charge in [0.1, 0.15) is 0 Å². The van der Waals surface area contributed by atoms with E-state index < -0.39 is 0 Å². The lowest BCUT2D eigenvalue weighted by Gasteiger charge is -2.30. The van der Waals surface area contributed by atoms with E-state index in [1.807, 2.05) is 60.7 Å². The molecule has 4 rings (SSSR count). The molecule has 0 bridgehead atoms. The second-order valence-corrected chi connectivity index (χ2v) is 5.18. The fourth-order valence-electron chi connectivity index (χ4n) is 2.88. The van der Waals surface area contributed by atoms with E-state index in [-0.39, 0.29) is 6.35 Å². The summed E-state index contributed by atoms with van der Waals surface area (Å²) in [6, 6.07) is 20.2. The summed E-state index contributed by atoms with van der Waals surface area (Å²) in [7, 11) is 1.70. The van der Waals surface area contributed by atoms with Crippen molar-refractivity contribution in [1.82, 2.24) is 9.97 Å². The fourth-order valence-corrected chi connectivity index (χ4v) is 2.88. The number of rotatable bonds is 3. The Morgan fingerprint density at radius 3 is 1.57 bits per heavy atom. The highest BCUT2D eigenvalue weighted by Gasteiger charge is 2.40. The molecule has 23 heavy (non-hydrogen) atoms. The zero-order valence-corrected chi connectivity index (χ0v) is 12.7. The van der Waals surface area contributed by atoms with E-state index in [0.29, 0.717) is 0 Å². The standard InChI is InChI=1S/C18H16N4O/c1-23-18-21(14-8-4-2-5-9-14)16-17(20-13-12-19-16)22(18)15-10-6-3-7-11-15/h2-13,18H,1H3. The van der Waals surface area contributed by atoms with Gasteiger partial charge in [0.25, 0.3) is 0 Å². The number of benzene rings is 2. The molecule has 0 amide bonds. The van der Waals surface area contributed by atoms with Crippen molar-refractivity contribution in [3.8, 4) is 0 Å². The van der Waals surface area contributed by atoms with Crippen molar-refractivity contribution >= 4 is 23.0 Å². The van der Waals surface area contributed by atoms with Gasteiger partial charge in [-0.3, -0.25) is 9.80 Å². The van der Waals surface area contributed by atoms with Gasteiger partial charge in [-0.2, -0.15) is 0 Å². The first-order valence-corrected chi connectivity index (χ1v) is 7.42. The molecule has 3 aromatic rings. The third-order valence-electron chi connectivity index (χ3n) is 3.84. The molecular formula is C18H16N4O. The largest absolute Gasteiger partial charge is 0.343 e. The van der Waals surface area contributed by atoms with Crippen LogP contribution in [-0.2, 0) is 4.74 Å². The average Bonchev–Trinajstić information content (AvgIpc) is 2.97. The van der Waals surface area contributed by atoms with Crippen molar-refractivity contribution in [2.24, 2.45) is 0 Å². The molecule has 2 aromatic carbocycles. The Morgan fingerprint density at radius 2 is 1.17 bits per heavy atom. The van der Waals surface area contributed by atoms with Crippen LogP contribution in [-0.4, -0.2) is 23.4 Å². The van der Waals surface area contributed by atoms with Gasteiger partial charge in [-0.05, 0) is 24.3 Å². The lowest BCUT2D eigenvalue weighted by Crippen LogP contribution is -2.40. The van der Waals surface area contributed by atoms with Crippen LogP contribution in [0.25, 0.3) is 0 Å². The molecule has 2 heterocycles. The Hall–Kier alpha value is -2.92. The van der Waals surface area contributed by atoms with E-state index in [1.54, 1.807) is 19.5 Å². The Bertz CT molecular complexity index is 728. The van der Waals surface area contributed by atoms with E-state index >= 15 is 0 Å². The van der Waals surface area contributed by atoms with Crippen LogP contribution in [0.15, 0.2) is 73.1 Å². The summed E-state index contributed by atoms with van der Waals surface area (Å²) in [4.78, 5) is 13.2. The quantitative estimate of drug-likeness (QED) is 0.738. The van der Waals surface area contributed by atoms with Crippen LogP contribution < -0.4 is 9.80 Å². The molecule has 1 aromatic heterocycles. The molecule has 0 N–H and O–H groups in total. The minimum absolute atomic E-state index is 0.336. The Balaban J connectivity index is 1.89. The van der Waals surface area contributed by atoms with Crippen molar-refractivity contribution in [1.29, 1.82) is 0 Å². The van der Waals surface area contributed by atoms with Gasteiger partial charge in [-0.25, -0.2) is 9.97 Å². The van der Waals surface area contributed by atoms with Crippen LogP contribution in [0.5, 0.6) is 0 Å². The van der Waals surface area contributed by atoms with Gasteiger partial charge in [-0.15, -0.1) is 0 Å². The van der Waals surface area contributed by atoms with E-state index in [9.17, 15) is 0 Å². The van der Waals surface area contributed by atoms with Crippen molar-refractivity contribution in [3.63, 3.8) is 0 Å². The first-order valence-electron chi connectivity index (χ1n) is 7.42. The molecular weight excluding hydrogens is 288 g/mol. The molecule has 0 spiro atoms. The molecule has 0 atom stereocenters. The van der Waals surface area contributed by atoms with E-state index in [1.165, 1.54) is 0 Å². The van der Waals surface area contributed by atoms with Crippen molar-refractivity contribution in [2.75, 3.05) is 16.9 Å². The van der Waals surface area contributed by atoms with Crippen molar-refractivity contribution in [2.45, 2.75) is 6.35 Å². The molecule has 1 aliphatic heterocycles. The highest BCUT2D eigenvalue weighted by molar-refractivity contribution is 5.82. The monoisotopic (exact) mass is 304 g/mol. The maximum absolute atomic E-state index is 5.80. The summed E-state index contributed by atoms with van der Waals surface area (Å²) in [5.41, 5.74) is 2.03. The number of ether oxygens (including phenoxy) is 1. The third kappa shape index (κ3) is 2.22. The molecule has 5 heteroatoms. The van der Waals surface area contributed by atoms with Gasteiger partial charge in [0.05, 0.1) is 0 Å². The highest BCUT2D eigenvalue weighted by Crippen LogP contribution is 2.44. The molecule has 0 radical (unpaired) electrons. The van der Waals surface area contributed by atoms with Crippen LogP contribution in [0.1, 0.15) is 0 Å². The fraction of sp³-hybridized carbons (Fsp3) is 0.111. The SMILES string of the molecule is COC1N(c2ccccc2)c2nccnc2N1c1ccccc1. The lowest BCUT2D eigenvalue weighted by molar-refractivity contribution is 0.118. The number of hydrogen-bond acceptors (Lipinski definition) is 5. The van der Waals surface area contributed by atoms with Gasteiger partial charge in [0.2, 0.25) is 6.35 Å². The van der Waals surface area contributed by atoms with Gasteiger partial charge < -0.3 is 4.74 Å². The van der Waals surface area contributed by atoms with Gasteiger partial charge in [0, 0.05) is 30.9 Å². The summed E-state index contributed by atoms with van der Waals surface area (Å²) in [5.74, 6) is 1.57. The van der Waals surface area contributed by atoms with Crippen LogP contribution in [0, 0.1) is 0 Å². The van der Waals surface area contributed by atoms with Crippen LogP contribution in [0.2, 0.25) is 0 Å². The first-order chi connectivity index (χ1) is 11.4. The molecule has 5 nitrogen and oxygen atoms in total. The molecule has 114 valence electrons. The van der Waals surface area contributed by atoms with Crippen LogP contribution >= 0.6 is 0 Å². The van der Waals surface area contributed by atoms with Gasteiger partial charge >= 0.3 is 0 Å². The van der Waals surface area contributed by atoms with Crippen LogP contribution in [0.4, 0.5) is 23.0 Å². The van der Waals surface area contributed by atoms with Gasteiger partial charge in [0.15, 0.2) is 11.6 Å². The highest BCUT2D eigenvalue weighted by atomic mass is 16.5. The predicted octanol–water partition coefficient (Wildman–Crippen LogP) is 3.70. The second kappa shape index (κ2) is 5.70. The topological polar surface area (TPSA) is 41.5 Å². The molecule has 0 saturated heterocycles. The second-order valence-electron chi connectivity index (χ2n) is 5.18. The first kappa shape index (κ1) is 13.7. The summed E-state index contributed by atoms with van der Waals surface area (Å²) in [6.45, 7) is 0. The summed E-state index contributed by atoms with van der Waals surface area (Å²) in [5, 5.41) is 0.